The first kappa shape index (κ1) is 16.3. The van der Waals surface area contributed by atoms with Gasteiger partial charge in [0.1, 0.15) is 6.10 Å². The van der Waals surface area contributed by atoms with Gasteiger partial charge in [-0.2, -0.15) is 0 Å². The number of rotatable bonds is 4. The summed E-state index contributed by atoms with van der Waals surface area (Å²) in [5.41, 5.74) is 6.86. The predicted octanol–water partition coefficient (Wildman–Crippen LogP) is 1.62. The molecule has 2 saturated heterocycles. The van der Waals surface area contributed by atoms with Crippen LogP contribution in [0, 0.1) is 0 Å². The minimum Gasteiger partial charge on any atom is -0.371 e. The zero-order valence-corrected chi connectivity index (χ0v) is 13.9. The van der Waals surface area contributed by atoms with Crippen LogP contribution in [0.5, 0.6) is 0 Å². The molecule has 1 aromatic rings. The predicted molar refractivity (Wildman–Crippen MR) is 91.4 cm³/mol. The Bertz CT molecular complexity index is 514. The van der Waals surface area contributed by atoms with E-state index in [9.17, 15) is 4.79 Å². The lowest BCUT2D eigenvalue weighted by atomic mass is 10.0. The van der Waals surface area contributed by atoms with Crippen molar-refractivity contribution in [3.8, 4) is 0 Å². The number of anilines is 1. The van der Waals surface area contributed by atoms with Crippen molar-refractivity contribution in [1.82, 2.24) is 4.90 Å². The summed E-state index contributed by atoms with van der Waals surface area (Å²) >= 11 is 0. The van der Waals surface area contributed by atoms with Gasteiger partial charge in [-0.3, -0.25) is 4.79 Å². The highest BCUT2D eigenvalue weighted by Gasteiger charge is 2.34. The van der Waals surface area contributed by atoms with Crippen molar-refractivity contribution < 1.29 is 9.53 Å². The highest BCUT2D eigenvalue weighted by Crippen LogP contribution is 2.25. The van der Waals surface area contributed by atoms with Gasteiger partial charge in [0.25, 0.3) is 5.91 Å². The number of hydrogen-bond acceptors (Lipinski definition) is 4. The maximum absolute atomic E-state index is 12.6. The molecule has 1 amide bonds. The fourth-order valence-corrected chi connectivity index (χ4v) is 3.61. The van der Waals surface area contributed by atoms with Crippen LogP contribution in [-0.4, -0.2) is 55.7 Å². The van der Waals surface area contributed by atoms with Gasteiger partial charge in [-0.05, 0) is 37.8 Å². The van der Waals surface area contributed by atoms with E-state index in [2.05, 4.69) is 36.2 Å². The van der Waals surface area contributed by atoms with Crippen molar-refractivity contribution in [2.24, 2.45) is 5.73 Å². The second-order valence-electron chi connectivity index (χ2n) is 6.56. The van der Waals surface area contributed by atoms with E-state index < -0.39 is 0 Å². The molecule has 1 aromatic carbocycles. The second-order valence-corrected chi connectivity index (χ2v) is 6.56. The van der Waals surface area contributed by atoms with Crippen LogP contribution in [0.25, 0.3) is 0 Å². The molecule has 0 aliphatic carbocycles. The van der Waals surface area contributed by atoms with Crippen molar-refractivity contribution in [2.45, 2.75) is 43.9 Å². The third kappa shape index (κ3) is 3.67. The van der Waals surface area contributed by atoms with Gasteiger partial charge in [-0.25, -0.2) is 0 Å². The normalized spacial score (nSPS) is 25.6. The fraction of sp³-hybridized carbons (Fsp3) is 0.611. The molecule has 2 aliphatic heterocycles. The number of piperidine rings is 1. The number of ether oxygens (including phenoxy) is 1. The molecule has 2 N–H and O–H groups in total. The van der Waals surface area contributed by atoms with Gasteiger partial charge in [-0.15, -0.1) is 0 Å². The lowest BCUT2D eigenvalue weighted by Gasteiger charge is -2.38. The van der Waals surface area contributed by atoms with Crippen LogP contribution in [0.2, 0.25) is 0 Å². The van der Waals surface area contributed by atoms with E-state index in [4.69, 9.17) is 10.5 Å². The lowest BCUT2D eigenvalue weighted by Crippen LogP contribution is -2.48. The Morgan fingerprint density at radius 2 is 1.91 bits per heavy atom. The van der Waals surface area contributed by atoms with Crippen LogP contribution >= 0.6 is 0 Å². The first-order valence-corrected chi connectivity index (χ1v) is 8.61. The number of benzene rings is 1. The minimum atomic E-state index is -0.271. The number of hydrogen-bond donors (Lipinski definition) is 1. The number of nitrogens with zero attached hydrogens (tertiary/aromatic N) is 2. The molecule has 0 unspecified atom stereocenters. The smallest absolute Gasteiger partial charge is 0.251 e. The molecule has 0 aromatic heterocycles. The first-order valence-electron chi connectivity index (χ1n) is 8.61. The van der Waals surface area contributed by atoms with Crippen LogP contribution in [0.4, 0.5) is 5.69 Å². The molecule has 5 heteroatoms. The summed E-state index contributed by atoms with van der Waals surface area (Å²) in [4.78, 5) is 16.9. The molecule has 126 valence electrons. The van der Waals surface area contributed by atoms with Crippen LogP contribution in [0.15, 0.2) is 30.3 Å². The fourth-order valence-electron chi connectivity index (χ4n) is 3.61. The molecule has 2 aliphatic rings. The summed E-state index contributed by atoms with van der Waals surface area (Å²) in [6.45, 7) is 2.13. The number of carbonyl (C=O) groups is 1. The Kier molecular flexibility index (Phi) is 5.18. The molecule has 0 bridgehead atoms. The third-order valence-electron chi connectivity index (χ3n) is 5.13. The quantitative estimate of drug-likeness (QED) is 0.917. The summed E-state index contributed by atoms with van der Waals surface area (Å²) < 4.78 is 5.74. The number of carbonyl (C=O) groups excluding carboxylic acids is 1. The van der Waals surface area contributed by atoms with Gasteiger partial charge in [-0.1, -0.05) is 18.2 Å². The van der Waals surface area contributed by atoms with Crippen molar-refractivity contribution in [3.63, 3.8) is 0 Å². The standard InChI is InChI=1S/C18H27N3O2/c1-20(14-5-3-2-4-6-14)15-9-11-21(12-10-15)18(22)17-8-7-16(13-19)23-17/h2-6,15-17H,7-13,19H2,1H3/t16-,17+/m1/s1. The average molecular weight is 317 g/mol. The molecule has 2 fully saturated rings. The van der Waals surface area contributed by atoms with E-state index in [1.54, 1.807) is 0 Å². The molecule has 0 saturated carbocycles. The molecule has 0 spiro atoms. The van der Waals surface area contributed by atoms with Crippen LogP contribution < -0.4 is 10.6 Å². The summed E-state index contributed by atoms with van der Waals surface area (Å²) in [5, 5.41) is 0. The molecular formula is C18H27N3O2. The molecule has 5 nitrogen and oxygen atoms in total. The van der Waals surface area contributed by atoms with Gasteiger partial charge in [0, 0.05) is 38.4 Å². The molecule has 2 atom stereocenters. The molecule has 23 heavy (non-hydrogen) atoms. The Balaban J connectivity index is 1.51. The highest BCUT2D eigenvalue weighted by atomic mass is 16.5. The van der Waals surface area contributed by atoms with E-state index in [0.717, 1.165) is 38.8 Å². The zero-order chi connectivity index (χ0) is 16.2. The Hall–Kier alpha value is -1.59. The molecular weight excluding hydrogens is 290 g/mol. The Labute approximate surface area is 138 Å². The third-order valence-corrected chi connectivity index (χ3v) is 5.13. The SMILES string of the molecule is CN(c1ccccc1)C1CCN(C(=O)[C@@H]2CC[C@H](CN)O2)CC1. The zero-order valence-electron chi connectivity index (χ0n) is 13.9. The van der Waals surface area contributed by atoms with Crippen molar-refractivity contribution in [2.75, 3.05) is 31.6 Å². The van der Waals surface area contributed by atoms with Crippen LogP contribution in [-0.2, 0) is 9.53 Å². The summed E-state index contributed by atoms with van der Waals surface area (Å²) in [6.07, 6.45) is 3.51. The van der Waals surface area contributed by atoms with Crippen LogP contribution in [0.1, 0.15) is 25.7 Å². The van der Waals surface area contributed by atoms with Crippen molar-refractivity contribution in [1.29, 1.82) is 0 Å². The Morgan fingerprint density at radius 1 is 1.22 bits per heavy atom. The van der Waals surface area contributed by atoms with E-state index in [0.29, 0.717) is 12.6 Å². The maximum atomic E-state index is 12.6. The molecule has 0 radical (unpaired) electrons. The highest BCUT2D eigenvalue weighted by molar-refractivity contribution is 5.81. The summed E-state index contributed by atoms with van der Waals surface area (Å²) in [6, 6.07) is 10.9. The largest absolute Gasteiger partial charge is 0.371 e. The van der Waals surface area contributed by atoms with E-state index in [1.807, 2.05) is 11.0 Å². The number of amides is 1. The number of para-hydroxylation sites is 1. The number of likely N-dealkylation sites (tertiary alicyclic amines) is 1. The topological polar surface area (TPSA) is 58.8 Å². The van der Waals surface area contributed by atoms with Gasteiger partial charge >= 0.3 is 0 Å². The van der Waals surface area contributed by atoms with Crippen LogP contribution in [0.3, 0.4) is 0 Å². The van der Waals surface area contributed by atoms with E-state index in [-0.39, 0.29) is 18.1 Å². The second kappa shape index (κ2) is 7.32. The lowest BCUT2D eigenvalue weighted by molar-refractivity contribution is -0.143. The van der Waals surface area contributed by atoms with E-state index >= 15 is 0 Å². The van der Waals surface area contributed by atoms with Gasteiger partial charge in [0.05, 0.1) is 6.10 Å². The van der Waals surface area contributed by atoms with Gasteiger partial charge in [0.15, 0.2) is 0 Å². The minimum absolute atomic E-state index is 0.0608. The van der Waals surface area contributed by atoms with Crippen molar-refractivity contribution >= 4 is 11.6 Å². The average Bonchev–Trinajstić information content (AvgIpc) is 3.10. The first-order chi connectivity index (χ1) is 11.2. The van der Waals surface area contributed by atoms with Gasteiger partial charge in [0.2, 0.25) is 0 Å². The van der Waals surface area contributed by atoms with E-state index in [1.165, 1.54) is 5.69 Å². The number of nitrogens with two attached hydrogens (primary N) is 1. The summed E-state index contributed by atoms with van der Waals surface area (Å²) in [5.74, 6) is 0.154. The molecule has 3 rings (SSSR count). The monoisotopic (exact) mass is 317 g/mol. The Morgan fingerprint density at radius 3 is 2.52 bits per heavy atom. The molecule has 2 heterocycles. The van der Waals surface area contributed by atoms with Gasteiger partial charge < -0.3 is 20.3 Å². The van der Waals surface area contributed by atoms with Crippen molar-refractivity contribution in [3.05, 3.63) is 30.3 Å². The summed E-state index contributed by atoms with van der Waals surface area (Å²) in [7, 11) is 2.14. The maximum Gasteiger partial charge on any atom is 0.251 e.